The molecule has 1 aliphatic rings. The van der Waals surface area contributed by atoms with Crippen molar-refractivity contribution in [3.63, 3.8) is 0 Å². The molecule has 10 heteroatoms. The minimum atomic E-state index is -3.77. The van der Waals surface area contributed by atoms with Crippen LogP contribution in [-0.2, 0) is 10.0 Å². The first-order chi connectivity index (χ1) is 12.5. The van der Waals surface area contributed by atoms with Crippen molar-refractivity contribution in [1.82, 2.24) is 24.9 Å². The van der Waals surface area contributed by atoms with E-state index in [1.807, 2.05) is 0 Å². The molecule has 0 amide bonds. The van der Waals surface area contributed by atoms with Gasteiger partial charge in [-0.2, -0.15) is 9.61 Å². The molecule has 136 valence electrons. The molecule has 1 fully saturated rings. The molecule has 0 bridgehead atoms. The number of aromatic nitrogens is 4. The van der Waals surface area contributed by atoms with Crippen LogP contribution in [0.2, 0.25) is 0 Å². The van der Waals surface area contributed by atoms with Gasteiger partial charge in [-0.3, -0.25) is 9.71 Å². The van der Waals surface area contributed by atoms with Gasteiger partial charge in [0.05, 0.1) is 11.9 Å². The zero-order valence-electron chi connectivity index (χ0n) is 14.0. The van der Waals surface area contributed by atoms with E-state index in [1.165, 1.54) is 23.0 Å². The number of rotatable bonds is 4. The molecule has 3 aromatic rings. The lowest BCUT2D eigenvalue weighted by molar-refractivity contribution is 0.455. The van der Waals surface area contributed by atoms with Crippen LogP contribution in [0.3, 0.4) is 0 Å². The van der Waals surface area contributed by atoms with Crippen molar-refractivity contribution in [2.45, 2.75) is 23.7 Å². The molecular weight excluding hydrogens is 371 g/mol. The third-order valence-corrected chi connectivity index (χ3v) is 6.16. The van der Waals surface area contributed by atoms with Crippen LogP contribution in [0.4, 0.5) is 5.82 Å². The molecule has 8 nitrogen and oxygen atoms in total. The number of fused-ring (bicyclic) bond motifs is 1. The van der Waals surface area contributed by atoms with Gasteiger partial charge in [0.1, 0.15) is 10.7 Å². The van der Waals surface area contributed by atoms with Crippen LogP contribution in [0.1, 0.15) is 24.5 Å². The van der Waals surface area contributed by atoms with Crippen LogP contribution < -0.4 is 15.3 Å². The normalized spacial score (nSPS) is 18.1. The first kappa shape index (κ1) is 17.3. The van der Waals surface area contributed by atoms with E-state index in [9.17, 15) is 8.42 Å². The van der Waals surface area contributed by atoms with Gasteiger partial charge >= 0.3 is 0 Å². The van der Waals surface area contributed by atoms with Crippen molar-refractivity contribution in [1.29, 1.82) is 0 Å². The molecule has 0 aromatic carbocycles. The molecule has 0 saturated carbocycles. The SMILES string of the molecule is O=S(=O)(Nc1cc(C2CCCNC2)nc2c(P)cnn12)c1cccnc1. The summed E-state index contributed by atoms with van der Waals surface area (Å²) in [4.78, 5) is 8.70. The fourth-order valence-electron chi connectivity index (χ4n) is 3.09. The number of piperidine rings is 1. The molecule has 3 aromatic heterocycles. The standard InChI is InChI=1S/C16H19N6O2PS/c23-26(24,12-4-2-6-18-9-12)21-15-7-13(11-3-1-5-17-8-11)20-16-14(25)10-19-22(15)16/h2,4,6-7,9-11,17,21H,1,3,5,8,25H2. The molecule has 4 rings (SSSR count). The summed E-state index contributed by atoms with van der Waals surface area (Å²) in [5.74, 6) is 0.614. The summed E-state index contributed by atoms with van der Waals surface area (Å²) >= 11 is 0. The largest absolute Gasteiger partial charge is 0.316 e. The molecule has 2 N–H and O–H groups in total. The summed E-state index contributed by atoms with van der Waals surface area (Å²) in [7, 11) is -1.18. The highest BCUT2D eigenvalue weighted by Gasteiger charge is 2.22. The van der Waals surface area contributed by atoms with Gasteiger partial charge in [-0.05, 0) is 31.5 Å². The first-order valence-electron chi connectivity index (χ1n) is 8.32. The zero-order chi connectivity index (χ0) is 18.1. The summed E-state index contributed by atoms with van der Waals surface area (Å²) in [6, 6.07) is 4.87. The molecule has 1 aliphatic heterocycles. The van der Waals surface area contributed by atoms with Crippen molar-refractivity contribution in [2.24, 2.45) is 0 Å². The van der Waals surface area contributed by atoms with Crippen LogP contribution in [-0.4, -0.2) is 41.1 Å². The maximum Gasteiger partial charge on any atom is 0.264 e. The average molecular weight is 390 g/mol. The number of hydrogen-bond acceptors (Lipinski definition) is 6. The van der Waals surface area contributed by atoms with Crippen molar-refractivity contribution >= 4 is 36.0 Å². The Bertz CT molecular complexity index is 1030. The minimum Gasteiger partial charge on any atom is -0.316 e. The second kappa shape index (κ2) is 6.90. The number of hydrogen-bond donors (Lipinski definition) is 2. The van der Waals surface area contributed by atoms with Crippen LogP contribution in [0.15, 0.2) is 41.7 Å². The second-order valence-corrected chi connectivity index (χ2v) is 8.54. The quantitative estimate of drug-likeness (QED) is 0.642. The van der Waals surface area contributed by atoms with E-state index in [2.05, 4.69) is 29.4 Å². The van der Waals surface area contributed by atoms with Gasteiger partial charge in [-0.1, -0.05) is 9.24 Å². The highest BCUT2D eigenvalue weighted by molar-refractivity contribution is 7.92. The molecule has 0 radical (unpaired) electrons. The fourth-order valence-corrected chi connectivity index (χ4v) is 4.34. The van der Waals surface area contributed by atoms with E-state index in [1.54, 1.807) is 18.3 Å². The molecule has 26 heavy (non-hydrogen) atoms. The van der Waals surface area contributed by atoms with Crippen molar-refractivity contribution < 1.29 is 8.42 Å². The fraction of sp³-hybridized carbons (Fsp3) is 0.312. The number of nitrogens with zero attached hydrogens (tertiary/aromatic N) is 4. The maximum absolute atomic E-state index is 12.7. The van der Waals surface area contributed by atoms with Crippen molar-refractivity contribution in [3.8, 4) is 0 Å². The van der Waals surface area contributed by atoms with Gasteiger partial charge in [0.25, 0.3) is 10.0 Å². The predicted octanol–water partition coefficient (Wildman–Crippen LogP) is 0.892. The molecular formula is C16H19N6O2PS. The zero-order valence-corrected chi connectivity index (χ0v) is 15.9. The summed E-state index contributed by atoms with van der Waals surface area (Å²) in [5, 5.41) is 8.44. The number of nitrogens with one attached hydrogen (secondary N) is 2. The van der Waals surface area contributed by atoms with E-state index in [4.69, 9.17) is 4.98 Å². The molecule has 0 aliphatic carbocycles. The van der Waals surface area contributed by atoms with Crippen LogP contribution in [0.25, 0.3) is 5.65 Å². The first-order valence-corrected chi connectivity index (χ1v) is 10.4. The van der Waals surface area contributed by atoms with E-state index in [0.29, 0.717) is 11.5 Å². The Morgan fingerprint density at radius 1 is 1.35 bits per heavy atom. The predicted molar refractivity (Wildman–Crippen MR) is 102 cm³/mol. The van der Waals surface area contributed by atoms with Gasteiger partial charge in [0, 0.05) is 36.2 Å². The third-order valence-electron chi connectivity index (χ3n) is 4.42. The van der Waals surface area contributed by atoms with Crippen LogP contribution >= 0.6 is 9.24 Å². The molecule has 4 heterocycles. The summed E-state index contributed by atoms with van der Waals surface area (Å²) in [6.07, 6.45) is 6.59. The Morgan fingerprint density at radius 2 is 2.23 bits per heavy atom. The molecule has 2 unspecified atom stereocenters. The van der Waals surface area contributed by atoms with E-state index >= 15 is 0 Å². The van der Waals surface area contributed by atoms with Gasteiger partial charge in [0.15, 0.2) is 5.65 Å². The van der Waals surface area contributed by atoms with Gasteiger partial charge in [0.2, 0.25) is 0 Å². The molecule has 1 saturated heterocycles. The highest BCUT2D eigenvalue weighted by atomic mass is 32.2. The topological polar surface area (TPSA) is 101 Å². The van der Waals surface area contributed by atoms with Gasteiger partial charge in [-0.15, -0.1) is 0 Å². The van der Waals surface area contributed by atoms with Crippen LogP contribution in [0.5, 0.6) is 0 Å². The summed E-state index contributed by atoms with van der Waals surface area (Å²) in [5.41, 5.74) is 1.49. The molecule has 2 atom stereocenters. The lowest BCUT2D eigenvalue weighted by Crippen LogP contribution is -2.29. The Kier molecular flexibility index (Phi) is 4.60. The number of sulfonamides is 1. The monoisotopic (exact) mass is 390 g/mol. The van der Waals surface area contributed by atoms with Crippen molar-refractivity contribution in [3.05, 3.63) is 42.5 Å². The van der Waals surface area contributed by atoms with Gasteiger partial charge < -0.3 is 5.32 Å². The highest BCUT2D eigenvalue weighted by Crippen LogP contribution is 2.26. The van der Waals surface area contributed by atoms with Crippen LogP contribution in [0, 0.1) is 0 Å². The smallest absolute Gasteiger partial charge is 0.264 e. The van der Waals surface area contributed by atoms with E-state index < -0.39 is 10.0 Å². The number of anilines is 1. The second-order valence-electron chi connectivity index (χ2n) is 6.24. The minimum absolute atomic E-state index is 0.101. The van der Waals surface area contributed by atoms with Gasteiger partial charge in [-0.25, -0.2) is 13.4 Å². The van der Waals surface area contributed by atoms with Crippen molar-refractivity contribution in [2.75, 3.05) is 17.8 Å². The Morgan fingerprint density at radius 3 is 2.96 bits per heavy atom. The lowest BCUT2D eigenvalue weighted by atomic mass is 9.96. The molecule has 0 spiro atoms. The Balaban J connectivity index is 1.78. The summed E-state index contributed by atoms with van der Waals surface area (Å²) < 4.78 is 29.6. The lowest BCUT2D eigenvalue weighted by Gasteiger charge is -2.23. The Hall–Kier alpha value is -2.09. The maximum atomic E-state index is 12.7. The van der Waals surface area contributed by atoms with E-state index in [-0.39, 0.29) is 10.8 Å². The van der Waals surface area contributed by atoms with E-state index in [0.717, 1.165) is 36.9 Å². The average Bonchev–Trinajstić information content (AvgIpc) is 3.04. The third kappa shape index (κ3) is 3.30. The summed E-state index contributed by atoms with van der Waals surface area (Å²) in [6.45, 7) is 1.83. The number of pyridine rings is 1. The Labute approximate surface area is 153 Å².